The predicted molar refractivity (Wildman–Crippen MR) is 93.9 cm³/mol. The van der Waals surface area contributed by atoms with Crippen LogP contribution in [0.3, 0.4) is 0 Å². The molecule has 1 aliphatic carbocycles. The molecular formula is C19H25N3O2. The van der Waals surface area contributed by atoms with Gasteiger partial charge >= 0.3 is 0 Å². The number of carbonyl (C=O) groups is 1. The summed E-state index contributed by atoms with van der Waals surface area (Å²) in [5, 5.41) is 4.47. The number of likely N-dealkylation sites (N-methyl/N-ethyl adjacent to an activating group) is 1. The van der Waals surface area contributed by atoms with E-state index in [0.29, 0.717) is 24.5 Å². The molecule has 1 aromatic heterocycles. The minimum Gasteiger partial charge on any atom is -0.376 e. The fourth-order valence-electron chi connectivity index (χ4n) is 4.33. The van der Waals surface area contributed by atoms with Crippen molar-refractivity contribution in [3.05, 3.63) is 36.0 Å². The number of hydrogen-bond acceptors (Lipinski definition) is 3. The number of fused-ring (bicyclic) bond motifs is 2. The fourth-order valence-corrected chi connectivity index (χ4v) is 4.33. The highest BCUT2D eigenvalue weighted by Crippen LogP contribution is 2.41. The van der Waals surface area contributed by atoms with Gasteiger partial charge in [-0.1, -0.05) is 18.2 Å². The van der Waals surface area contributed by atoms with Crippen LogP contribution in [-0.2, 0) is 16.0 Å². The molecule has 2 heterocycles. The number of aryl methyl sites for hydroxylation is 1. The number of aromatic nitrogens is 1. The highest BCUT2D eigenvalue weighted by Gasteiger charge is 2.55. The zero-order chi connectivity index (χ0) is 16.7. The molecule has 2 N–H and O–H groups in total. The van der Waals surface area contributed by atoms with Gasteiger partial charge in [-0.05, 0) is 38.6 Å². The van der Waals surface area contributed by atoms with Gasteiger partial charge < -0.3 is 19.9 Å². The molecule has 0 unspecified atom stereocenters. The fraction of sp³-hybridized carbons (Fsp3) is 0.526. The van der Waals surface area contributed by atoms with Crippen LogP contribution in [0.25, 0.3) is 10.9 Å². The Hall–Kier alpha value is -1.85. The summed E-state index contributed by atoms with van der Waals surface area (Å²) < 4.78 is 5.81. The lowest BCUT2D eigenvalue weighted by molar-refractivity contribution is -0.128. The van der Waals surface area contributed by atoms with Crippen molar-refractivity contribution in [1.29, 1.82) is 0 Å². The van der Waals surface area contributed by atoms with Crippen molar-refractivity contribution in [3.63, 3.8) is 0 Å². The lowest BCUT2D eigenvalue weighted by atomic mass is 9.71. The van der Waals surface area contributed by atoms with E-state index in [-0.39, 0.29) is 11.9 Å². The van der Waals surface area contributed by atoms with Crippen molar-refractivity contribution in [1.82, 2.24) is 15.2 Å². The highest BCUT2D eigenvalue weighted by molar-refractivity contribution is 5.84. The van der Waals surface area contributed by atoms with Crippen LogP contribution in [0.2, 0.25) is 0 Å². The van der Waals surface area contributed by atoms with E-state index in [0.717, 1.165) is 25.0 Å². The molecule has 5 nitrogen and oxygen atoms in total. The normalized spacial score (nSPS) is 28.8. The van der Waals surface area contributed by atoms with Crippen LogP contribution in [-0.4, -0.2) is 54.7 Å². The SMILES string of the molecule is CN(C)[C@@H]1[C@@H](NC(=O)CCc2c[nH]c3ccccc23)[C@H]2CCO[C@H]21. The van der Waals surface area contributed by atoms with E-state index >= 15 is 0 Å². The van der Waals surface area contributed by atoms with Crippen LogP contribution < -0.4 is 5.32 Å². The van der Waals surface area contributed by atoms with Gasteiger partial charge in [0.05, 0.1) is 18.2 Å². The van der Waals surface area contributed by atoms with Crippen LogP contribution >= 0.6 is 0 Å². The van der Waals surface area contributed by atoms with E-state index in [1.165, 1.54) is 10.9 Å². The van der Waals surface area contributed by atoms with Gasteiger partial charge in [-0.15, -0.1) is 0 Å². The maximum absolute atomic E-state index is 12.5. The first-order chi connectivity index (χ1) is 11.6. The number of nitrogens with one attached hydrogen (secondary N) is 2. The Kier molecular flexibility index (Phi) is 4.06. The number of benzene rings is 1. The zero-order valence-corrected chi connectivity index (χ0v) is 14.3. The molecule has 1 aromatic carbocycles. The first-order valence-corrected chi connectivity index (χ1v) is 8.77. The van der Waals surface area contributed by atoms with Gasteiger partial charge in [0, 0.05) is 36.0 Å². The number of nitrogens with zero attached hydrogens (tertiary/aromatic N) is 1. The van der Waals surface area contributed by atoms with E-state index in [1.807, 2.05) is 18.3 Å². The standard InChI is InChI=1S/C19H25N3O2/c1-22(2)18-17(14-9-10-24-19(14)18)21-16(23)8-7-12-11-20-15-6-4-3-5-13(12)15/h3-6,11,14,17-20H,7-10H2,1-2H3,(H,21,23)/t14-,17+,18-,19-/m1/s1. The Morgan fingerprint density at radius 1 is 1.38 bits per heavy atom. The summed E-state index contributed by atoms with van der Waals surface area (Å²) >= 11 is 0. The monoisotopic (exact) mass is 327 g/mol. The molecule has 1 amide bonds. The van der Waals surface area contributed by atoms with E-state index in [1.54, 1.807) is 0 Å². The third-order valence-corrected chi connectivity index (χ3v) is 5.57. The third-order valence-electron chi connectivity index (χ3n) is 5.57. The summed E-state index contributed by atoms with van der Waals surface area (Å²) in [5.41, 5.74) is 2.34. The molecule has 2 aliphatic rings. The number of amides is 1. The minimum absolute atomic E-state index is 0.141. The number of para-hydroxylation sites is 1. The third kappa shape index (κ3) is 2.62. The van der Waals surface area contributed by atoms with Crippen LogP contribution in [0.5, 0.6) is 0 Å². The smallest absolute Gasteiger partial charge is 0.220 e. The number of hydrogen-bond donors (Lipinski definition) is 2. The summed E-state index contributed by atoms with van der Waals surface area (Å²) in [6.07, 6.45) is 4.66. The Morgan fingerprint density at radius 3 is 3.04 bits per heavy atom. The van der Waals surface area contributed by atoms with Crippen molar-refractivity contribution < 1.29 is 9.53 Å². The second kappa shape index (κ2) is 6.22. The molecule has 1 saturated carbocycles. The zero-order valence-electron chi connectivity index (χ0n) is 14.3. The molecule has 4 atom stereocenters. The minimum atomic E-state index is 0.141. The number of ether oxygens (including phenoxy) is 1. The van der Waals surface area contributed by atoms with Crippen molar-refractivity contribution in [3.8, 4) is 0 Å². The molecule has 1 saturated heterocycles. The molecule has 128 valence electrons. The molecule has 0 radical (unpaired) electrons. The van der Waals surface area contributed by atoms with E-state index in [9.17, 15) is 4.79 Å². The van der Waals surface area contributed by atoms with E-state index in [2.05, 4.69) is 41.4 Å². The Labute approximate surface area is 142 Å². The summed E-state index contributed by atoms with van der Waals surface area (Å²) in [6, 6.07) is 8.75. The topological polar surface area (TPSA) is 57.4 Å². The van der Waals surface area contributed by atoms with Gasteiger partial charge in [0.15, 0.2) is 0 Å². The Balaban J connectivity index is 1.37. The molecule has 0 bridgehead atoms. The van der Waals surface area contributed by atoms with Gasteiger partial charge in [-0.25, -0.2) is 0 Å². The number of rotatable bonds is 5. The van der Waals surface area contributed by atoms with Gasteiger partial charge in [0.25, 0.3) is 0 Å². The molecule has 2 aromatic rings. The van der Waals surface area contributed by atoms with Gasteiger partial charge in [0.1, 0.15) is 0 Å². The van der Waals surface area contributed by atoms with E-state index in [4.69, 9.17) is 4.74 Å². The maximum atomic E-state index is 12.5. The first kappa shape index (κ1) is 15.7. The van der Waals surface area contributed by atoms with Crippen molar-refractivity contribution in [2.45, 2.75) is 37.5 Å². The van der Waals surface area contributed by atoms with Gasteiger partial charge in [-0.2, -0.15) is 0 Å². The van der Waals surface area contributed by atoms with Crippen LogP contribution in [0.15, 0.2) is 30.5 Å². The van der Waals surface area contributed by atoms with Gasteiger partial charge in [0.2, 0.25) is 5.91 Å². The maximum Gasteiger partial charge on any atom is 0.220 e. The van der Waals surface area contributed by atoms with Crippen LogP contribution in [0.1, 0.15) is 18.4 Å². The lowest BCUT2D eigenvalue weighted by Gasteiger charge is -2.50. The second-order valence-electron chi connectivity index (χ2n) is 7.19. The predicted octanol–water partition coefficient (Wildman–Crippen LogP) is 1.93. The van der Waals surface area contributed by atoms with Crippen LogP contribution in [0.4, 0.5) is 0 Å². The summed E-state index contributed by atoms with van der Waals surface area (Å²) in [7, 11) is 4.13. The molecule has 0 spiro atoms. The van der Waals surface area contributed by atoms with Crippen molar-refractivity contribution >= 4 is 16.8 Å². The molecule has 5 heteroatoms. The van der Waals surface area contributed by atoms with Crippen molar-refractivity contribution in [2.24, 2.45) is 5.92 Å². The number of H-pyrrole nitrogens is 1. The van der Waals surface area contributed by atoms with Crippen LogP contribution in [0, 0.1) is 5.92 Å². The number of carbonyl (C=O) groups excluding carboxylic acids is 1. The van der Waals surface area contributed by atoms with E-state index < -0.39 is 0 Å². The first-order valence-electron chi connectivity index (χ1n) is 8.77. The molecule has 4 rings (SSSR count). The highest BCUT2D eigenvalue weighted by atomic mass is 16.5. The van der Waals surface area contributed by atoms with Crippen molar-refractivity contribution in [2.75, 3.05) is 20.7 Å². The summed E-state index contributed by atoms with van der Waals surface area (Å²) in [6.45, 7) is 0.821. The average molecular weight is 327 g/mol. The molecule has 24 heavy (non-hydrogen) atoms. The Morgan fingerprint density at radius 2 is 2.21 bits per heavy atom. The number of aromatic amines is 1. The molecule has 1 aliphatic heterocycles. The van der Waals surface area contributed by atoms with Gasteiger partial charge in [-0.3, -0.25) is 4.79 Å². The largest absolute Gasteiger partial charge is 0.376 e. The second-order valence-corrected chi connectivity index (χ2v) is 7.19. The average Bonchev–Trinajstić information content (AvgIpc) is 3.15. The summed E-state index contributed by atoms with van der Waals surface area (Å²) in [4.78, 5) is 17.9. The quantitative estimate of drug-likeness (QED) is 0.882. The lowest BCUT2D eigenvalue weighted by Crippen LogP contribution is -2.69. The Bertz CT molecular complexity index is 739. The summed E-state index contributed by atoms with van der Waals surface area (Å²) in [5.74, 6) is 0.622. The molecule has 2 fully saturated rings. The molecular weight excluding hydrogens is 302 g/mol.